The number of phenolic OH excluding ortho intramolecular Hbond substituents is 1. The van der Waals surface area contributed by atoms with E-state index in [0.29, 0.717) is 22.1 Å². The standard InChI is InChI=1S/C57H78Cl2N8O10/c1-12-13-17-39-51(72)63-42(27-37-31-67(57(8,9)49(70)28-58)43-18-15-14-16-38(37)43)55(76)64(10)44(21-32(2)3)52(73)62-41(26-36-19-20-47(68)40(25-36)60-50(71)29-59)48(69)24-35(7)54(75)65(11)46-23-34(6)30-66(56(46)77)45(22-33(4)5)53(74)61-39/h12-16,18-20,25,30-33,35,39,41-42,44-46,49,68,70H,17,21-24,26-29H2,1-11H3,(H,60,71)(H,61,74)(H,62,73)(H,63,72)/b13-12+/t35-,39+,41+,42+,44+,45+,46+,49-/m1/s1. The molecule has 8 atom stereocenters. The average Bonchev–Trinajstić information content (AvgIpc) is 3.76. The molecule has 2 bridgehead atoms. The van der Waals surface area contributed by atoms with Gasteiger partial charge in [0, 0.05) is 56.2 Å². The molecule has 0 spiro atoms. The number of para-hydroxylation sites is 1. The van der Waals surface area contributed by atoms with Gasteiger partial charge < -0.3 is 50.7 Å². The van der Waals surface area contributed by atoms with Crippen LogP contribution in [0, 0.1) is 17.8 Å². The summed E-state index contributed by atoms with van der Waals surface area (Å²) in [5, 5.41) is 33.8. The zero-order valence-electron chi connectivity index (χ0n) is 46.2. The fourth-order valence-corrected chi connectivity index (χ4v) is 10.5. The number of aromatic hydroxyl groups is 1. The van der Waals surface area contributed by atoms with Crippen LogP contribution in [0.2, 0.25) is 0 Å². The molecular weight excluding hydrogens is 1030 g/mol. The number of fused-ring (bicyclic) bond motifs is 3. The molecule has 0 radical (unpaired) electrons. The number of alkyl halides is 2. The Hall–Kier alpha value is -6.24. The van der Waals surface area contributed by atoms with E-state index in [9.17, 15) is 39.0 Å². The normalized spacial score (nSPS) is 23.5. The van der Waals surface area contributed by atoms with Crippen molar-refractivity contribution in [1.29, 1.82) is 0 Å². The summed E-state index contributed by atoms with van der Waals surface area (Å²) in [4.78, 5) is 120. The van der Waals surface area contributed by atoms with Gasteiger partial charge in [-0.25, -0.2) is 0 Å². The zero-order chi connectivity index (χ0) is 57.2. The highest BCUT2D eigenvalue weighted by Gasteiger charge is 2.43. The van der Waals surface area contributed by atoms with Crippen LogP contribution < -0.4 is 21.3 Å². The number of hydrogen-bond donors (Lipinski definition) is 6. The van der Waals surface area contributed by atoms with Crippen LogP contribution in [0.5, 0.6) is 5.75 Å². The molecule has 7 amide bonds. The third-order valence-corrected chi connectivity index (χ3v) is 15.1. The van der Waals surface area contributed by atoms with Crippen molar-refractivity contribution in [3.05, 3.63) is 83.7 Å². The Morgan fingerprint density at radius 2 is 1.44 bits per heavy atom. The van der Waals surface area contributed by atoms with E-state index in [0.717, 1.165) is 5.52 Å². The molecule has 3 heterocycles. The maximum Gasteiger partial charge on any atom is 0.250 e. The number of allylic oxidation sites excluding steroid dienone is 1. The van der Waals surface area contributed by atoms with E-state index in [1.807, 2.05) is 70.4 Å². The Bertz CT molecular complexity index is 2740. The summed E-state index contributed by atoms with van der Waals surface area (Å²) in [5.74, 6) is -7.07. The van der Waals surface area contributed by atoms with E-state index in [2.05, 4.69) is 21.3 Å². The number of aliphatic hydroxyl groups excluding tert-OH is 1. The molecule has 1 saturated heterocycles. The third kappa shape index (κ3) is 15.1. The minimum absolute atomic E-state index is 0.000991. The van der Waals surface area contributed by atoms with Gasteiger partial charge in [-0.1, -0.05) is 76.6 Å². The Labute approximate surface area is 462 Å². The number of benzene rings is 2. The topological polar surface area (TPSA) is 240 Å². The van der Waals surface area contributed by atoms with E-state index >= 15 is 9.59 Å². The number of halogens is 2. The summed E-state index contributed by atoms with van der Waals surface area (Å²) in [6.07, 6.45) is 5.57. The molecule has 18 nitrogen and oxygen atoms in total. The van der Waals surface area contributed by atoms with Crippen LogP contribution in [0.1, 0.15) is 106 Å². The number of likely N-dealkylation sites (N-methyl/N-ethyl adjacent to an activating group) is 2. The SMILES string of the molecule is C/C=C/C[C@@H]1NC(=O)[C@H](CC(C)C)N2C=C(C)C[C@@H](C2=O)N(C)C(=O)[C@H](C)CC(=O)[C@H](Cc2ccc(O)c(NC(=O)CCl)c2)NC(=O)[C@H](CC(C)C)N(C)C(=O)[C@H](Cc2cn(C(C)(C)[C@H](O)CCl)c3ccccc23)NC1=O. The first kappa shape index (κ1) is 61.6. The van der Waals surface area contributed by atoms with Gasteiger partial charge in [-0.15, -0.1) is 23.2 Å². The number of nitrogens with one attached hydrogen (secondary N) is 4. The number of ketones is 1. The van der Waals surface area contributed by atoms with Crippen molar-refractivity contribution in [2.45, 2.75) is 155 Å². The predicted octanol–water partition coefficient (Wildman–Crippen LogP) is 5.92. The van der Waals surface area contributed by atoms with Crippen molar-refractivity contribution in [1.82, 2.24) is 35.2 Å². The quantitative estimate of drug-likeness (QED) is 0.0596. The van der Waals surface area contributed by atoms with E-state index in [1.54, 1.807) is 45.3 Å². The van der Waals surface area contributed by atoms with Gasteiger partial charge in [0.25, 0.3) is 0 Å². The van der Waals surface area contributed by atoms with E-state index in [-0.39, 0.29) is 67.7 Å². The first-order valence-corrected chi connectivity index (χ1v) is 27.4. The van der Waals surface area contributed by atoms with Gasteiger partial charge in [0.1, 0.15) is 41.8 Å². The Kier molecular flexibility index (Phi) is 21.5. The van der Waals surface area contributed by atoms with Crippen LogP contribution in [0.15, 0.2) is 72.6 Å². The number of hydrogen-bond acceptors (Lipinski definition) is 10. The smallest absolute Gasteiger partial charge is 0.250 e. The highest BCUT2D eigenvalue weighted by Crippen LogP contribution is 2.33. The second kappa shape index (κ2) is 26.9. The van der Waals surface area contributed by atoms with E-state index in [4.69, 9.17) is 23.2 Å². The molecule has 0 saturated carbocycles. The molecular formula is C57H78Cl2N8O10. The summed E-state index contributed by atoms with van der Waals surface area (Å²) >= 11 is 12.0. The first-order valence-electron chi connectivity index (χ1n) is 26.3. The molecule has 0 aliphatic carbocycles. The Morgan fingerprint density at radius 1 is 0.818 bits per heavy atom. The highest BCUT2D eigenvalue weighted by molar-refractivity contribution is 6.29. The number of amides is 7. The van der Waals surface area contributed by atoms with Gasteiger partial charge in [0.05, 0.1) is 29.3 Å². The van der Waals surface area contributed by atoms with Crippen molar-refractivity contribution in [3.63, 3.8) is 0 Å². The number of anilines is 1. The van der Waals surface area contributed by atoms with Gasteiger partial charge in [-0.2, -0.15) is 0 Å². The van der Waals surface area contributed by atoms with Crippen LogP contribution in [0.3, 0.4) is 0 Å². The fraction of sp³-hybridized carbons (Fsp3) is 0.544. The molecule has 2 aliphatic rings. The summed E-state index contributed by atoms with van der Waals surface area (Å²) in [5.41, 5.74) is 1.50. The van der Waals surface area contributed by atoms with Crippen LogP contribution >= 0.6 is 23.2 Å². The first-order chi connectivity index (χ1) is 36.2. The maximum atomic E-state index is 15.5. The van der Waals surface area contributed by atoms with Crippen molar-refractivity contribution in [2.24, 2.45) is 17.8 Å². The summed E-state index contributed by atoms with van der Waals surface area (Å²) in [6.45, 7) is 16.3. The molecule has 1 fully saturated rings. The third-order valence-electron chi connectivity index (χ3n) is 14.6. The lowest BCUT2D eigenvalue weighted by atomic mass is 9.92. The molecule has 2 aliphatic heterocycles. The lowest BCUT2D eigenvalue weighted by Gasteiger charge is -2.39. The number of carbonyl (C=O) groups is 8. The van der Waals surface area contributed by atoms with Crippen LogP contribution in [-0.2, 0) is 56.7 Å². The molecule has 3 aromatic rings. The van der Waals surface area contributed by atoms with Gasteiger partial charge in [0.15, 0.2) is 5.78 Å². The molecule has 5 rings (SSSR count). The minimum atomic E-state index is -1.38. The van der Waals surface area contributed by atoms with Gasteiger partial charge in [-0.05, 0) is 101 Å². The largest absolute Gasteiger partial charge is 0.506 e. The molecule has 6 N–H and O–H groups in total. The molecule has 420 valence electrons. The van der Waals surface area contributed by atoms with E-state index < -0.39 is 113 Å². The molecule has 2 aromatic carbocycles. The highest BCUT2D eigenvalue weighted by atomic mass is 35.5. The molecule has 20 heteroatoms. The molecule has 0 unspecified atom stereocenters. The van der Waals surface area contributed by atoms with Crippen molar-refractivity contribution < 1.29 is 48.6 Å². The minimum Gasteiger partial charge on any atom is -0.506 e. The number of rotatable bonds is 15. The van der Waals surface area contributed by atoms with Crippen LogP contribution in [-0.4, -0.2) is 145 Å². The number of phenols is 1. The van der Waals surface area contributed by atoms with E-state index in [1.165, 1.54) is 47.0 Å². The Morgan fingerprint density at radius 3 is 2.08 bits per heavy atom. The van der Waals surface area contributed by atoms with Crippen molar-refractivity contribution >= 4 is 86.9 Å². The lowest BCUT2D eigenvalue weighted by molar-refractivity contribution is -0.149. The summed E-state index contributed by atoms with van der Waals surface area (Å²) in [7, 11) is 2.92. The van der Waals surface area contributed by atoms with Crippen molar-refractivity contribution in [2.75, 3.05) is 31.2 Å². The molecule has 77 heavy (non-hydrogen) atoms. The second-order valence-corrected chi connectivity index (χ2v) is 22.6. The number of aromatic nitrogens is 1. The summed E-state index contributed by atoms with van der Waals surface area (Å²) in [6, 6.07) is 4.28. The number of nitrogens with zero attached hydrogens (tertiary/aromatic N) is 4. The maximum absolute atomic E-state index is 15.5. The number of Topliss-reactive ketones (excluding diaryl/α,β-unsaturated/α-hetero) is 1. The molecule has 1 aromatic heterocycles. The fourth-order valence-electron chi connectivity index (χ4n) is 10.0. The zero-order valence-corrected chi connectivity index (χ0v) is 47.7. The second-order valence-electron chi connectivity index (χ2n) is 22.0. The van der Waals surface area contributed by atoms with Crippen molar-refractivity contribution in [3.8, 4) is 5.75 Å². The number of carbonyl (C=O) groups excluding carboxylic acids is 8. The van der Waals surface area contributed by atoms with Crippen LogP contribution in [0.25, 0.3) is 10.9 Å². The lowest BCUT2D eigenvalue weighted by Crippen LogP contribution is -2.60. The van der Waals surface area contributed by atoms with Gasteiger partial charge in [0.2, 0.25) is 41.4 Å². The van der Waals surface area contributed by atoms with Crippen LogP contribution in [0.4, 0.5) is 5.69 Å². The average molecular weight is 1110 g/mol. The summed E-state index contributed by atoms with van der Waals surface area (Å²) < 4.78 is 1.88. The van der Waals surface area contributed by atoms with Gasteiger partial charge >= 0.3 is 0 Å². The monoisotopic (exact) mass is 1100 g/mol. The Balaban J connectivity index is 1.71. The van der Waals surface area contributed by atoms with Gasteiger partial charge in [-0.3, -0.25) is 38.4 Å². The number of aliphatic hydroxyl groups is 1. The predicted molar refractivity (Wildman–Crippen MR) is 298 cm³/mol.